The fourth-order valence-corrected chi connectivity index (χ4v) is 2.35. The van der Waals surface area contributed by atoms with Crippen molar-refractivity contribution in [2.45, 2.75) is 0 Å². The molecule has 0 spiro atoms. The molecular weight excluding hydrogens is 346 g/mol. The molecule has 0 saturated carbocycles. The number of aromatic amines is 1. The van der Waals surface area contributed by atoms with Gasteiger partial charge in [-0.05, 0) is 36.5 Å². The second kappa shape index (κ2) is 6.77. The lowest BCUT2D eigenvalue weighted by Gasteiger charge is -1.99. The number of nitrogens with zero attached hydrogens (tertiary/aromatic N) is 3. The van der Waals surface area contributed by atoms with Crippen LogP contribution in [0.2, 0.25) is 5.02 Å². The number of halogens is 1. The van der Waals surface area contributed by atoms with Crippen LogP contribution >= 0.6 is 23.8 Å². The van der Waals surface area contributed by atoms with Crippen molar-refractivity contribution in [1.29, 1.82) is 0 Å². The summed E-state index contributed by atoms with van der Waals surface area (Å²) in [5, 5.41) is 11.5. The van der Waals surface area contributed by atoms with Crippen LogP contribution in [0.4, 0.5) is 11.4 Å². The van der Waals surface area contributed by atoms with Gasteiger partial charge in [0, 0.05) is 10.6 Å². The quantitative estimate of drug-likeness (QED) is 0.548. The summed E-state index contributed by atoms with van der Waals surface area (Å²) in [6.45, 7) is 0. The first-order valence-corrected chi connectivity index (χ1v) is 7.72. The minimum absolute atomic E-state index is 0.0925. The van der Waals surface area contributed by atoms with E-state index >= 15 is 0 Å². The lowest BCUT2D eigenvalue weighted by molar-refractivity contribution is 0.910. The van der Waals surface area contributed by atoms with Gasteiger partial charge in [0.15, 0.2) is 10.8 Å². The zero-order valence-corrected chi connectivity index (χ0v) is 13.9. The molecule has 0 aliphatic rings. The summed E-state index contributed by atoms with van der Waals surface area (Å²) in [5.41, 5.74) is 7.08. The molecule has 3 N–H and O–H groups in total. The van der Waals surface area contributed by atoms with Gasteiger partial charge in [-0.1, -0.05) is 41.9 Å². The predicted molar refractivity (Wildman–Crippen MR) is 98.3 cm³/mol. The van der Waals surface area contributed by atoms with Gasteiger partial charge in [0.05, 0.1) is 11.4 Å². The molecule has 3 aromatic rings. The maximum atomic E-state index is 12.5. The van der Waals surface area contributed by atoms with E-state index in [1.165, 1.54) is 0 Å². The molecule has 0 saturated heterocycles. The van der Waals surface area contributed by atoms with Crippen molar-refractivity contribution in [3.63, 3.8) is 0 Å². The molecule has 8 heteroatoms. The molecule has 0 aliphatic heterocycles. The molecule has 3 rings (SSSR count). The van der Waals surface area contributed by atoms with Crippen molar-refractivity contribution in [2.75, 3.05) is 0 Å². The third-order valence-electron chi connectivity index (χ3n) is 3.24. The van der Waals surface area contributed by atoms with Crippen molar-refractivity contribution >= 4 is 40.3 Å². The van der Waals surface area contributed by atoms with Crippen LogP contribution in [-0.4, -0.2) is 14.9 Å². The Labute approximate surface area is 147 Å². The first-order chi connectivity index (χ1) is 11.6. The van der Waals surface area contributed by atoms with Gasteiger partial charge in [-0.3, -0.25) is 9.89 Å². The zero-order valence-electron chi connectivity index (χ0n) is 12.3. The average Bonchev–Trinajstić information content (AvgIpc) is 2.92. The second-order valence-corrected chi connectivity index (χ2v) is 5.71. The summed E-state index contributed by atoms with van der Waals surface area (Å²) < 4.78 is 1.06. The first-order valence-electron chi connectivity index (χ1n) is 6.94. The molecular formula is C16H12ClN5OS. The zero-order chi connectivity index (χ0) is 17.1. The van der Waals surface area contributed by atoms with Gasteiger partial charge in [-0.2, -0.15) is 9.80 Å². The highest BCUT2D eigenvalue weighted by Gasteiger charge is 2.16. The topological polar surface area (TPSA) is 88.5 Å². The maximum absolute atomic E-state index is 12.5. The standard InChI is InChI=1S/C16H12ClN5OS/c17-11-6-8-12(9-7-11)19-20-14-13(10-4-2-1-3-5-10)21-22(15(14)23)16(18)24/h1-9,21H,(H2,18,24). The molecule has 120 valence electrons. The van der Waals surface area contributed by atoms with Gasteiger partial charge in [0.1, 0.15) is 0 Å². The molecule has 6 nitrogen and oxygen atoms in total. The van der Waals surface area contributed by atoms with Gasteiger partial charge < -0.3 is 5.73 Å². The van der Waals surface area contributed by atoms with E-state index in [0.717, 1.165) is 10.2 Å². The van der Waals surface area contributed by atoms with Crippen LogP contribution < -0.4 is 11.3 Å². The van der Waals surface area contributed by atoms with E-state index in [0.29, 0.717) is 16.4 Å². The number of nitrogens with one attached hydrogen (secondary N) is 1. The van der Waals surface area contributed by atoms with Crippen LogP contribution in [-0.2, 0) is 0 Å². The molecule has 0 amide bonds. The van der Waals surface area contributed by atoms with E-state index in [-0.39, 0.29) is 10.8 Å². The van der Waals surface area contributed by atoms with E-state index in [4.69, 9.17) is 29.6 Å². The lowest BCUT2D eigenvalue weighted by atomic mass is 10.1. The van der Waals surface area contributed by atoms with Crippen LogP contribution in [0.15, 0.2) is 69.6 Å². The Hall–Kier alpha value is -2.77. The Bertz CT molecular complexity index is 960. The normalized spacial score (nSPS) is 11.0. The largest absolute Gasteiger partial charge is 0.374 e. The maximum Gasteiger partial charge on any atom is 0.301 e. The average molecular weight is 358 g/mol. The van der Waals surface area contributed by atoms with Gasteiger partial charge in [-0.25, -0.2) is 0 Å². The summed E-state index contributed by atoms with van der Waals surface area (Å²) in [6.07, 6.45) is 0. The van der Waals surface area contributed by atoms with E-state index in [1.54, 1.807) is 24.3 Å². The minimum atomic E-state index is -0.459. The van der Waals surface area contributed by atoms with E-state index in [2.05, 4.69) is 15.3 Å². The number of aromatic nitrogens is 2. The number of thiocarbonyl (C=S) groups is 1. The molecule has 0 radical (unpaired) electrons. The number of nitrogens with two attached hydrogens (primary N) is 1. The van der Waals surface area contributed by atoms with Crippen LogP contribution in [0, 0.1) is 0 Å². The van der Waals surface area contributed by atoms with E-state index in [9.17, 15) is 4.79 Å². The molecule has 0 fully saturated rings. The first kappa shape index (κ1) is 16.1. The predicted octanol–water partition coefficient (Wildman–Crippen LogP) is 4.00. The smallest absolute Gasteiger partial charge is 0.301 e. The number of rotatable bonds is 3. The molecule has 0 atom stereocenters. The van der Waals surface area contributed by atoms with Gasteiger partial charge >= 0.3 is 5.56 Å². The highest BCUT2D eigenvalue weighted by atomic mass is 35.5. The van der Waals surface area contributed by atoms with E-state index in [1.807, 2.05) is 30.3 Å². The number of azo groups is 1. The van der Waals surface area contributed by atoms with Crippen LogP contribution in [0.25, 0.3) is 11.3 Å². The number of benzene rings is 2. The fourth-order valence-electron chi connectivity index (χ4n) is 2.10. The number of H-pyrrole nitrogens is 1. The number of hydrogen-bond donors (Lipinski definition) is 2. The van der Waals surface area contributed by atoms with Crippen LogP contribution in [0.1, 0.15) is 0 Å². The van der Waals surface area contributed by atoms with Gasteiger partial charge in [0.25, 0.3) is 0 Å². The number of hydrogen-bond acceptors (Lipinski definition) is 4. The van der Waals surface area contributed by atoms with Gasteiger partial charge in [0.2, 0.25) is 0 Å². The molecule has 2 aromatic carbocycles. The van der Waals surface area contributed by atoms with Crippen molar-refractivity contribution in [2.24, 2.45) is 16.0 Å². The fraction of sp³-hybridized carbons (Fsp3) is 0. The summed E-state index contributed by atoms with van der Waals surface area (Å²) in [7, 11) is 0. The van der Waals surface area contributed by atoms with Crippen LogP contribution in [0.3, 0.4) is 0 Å². The van der Waals surface area contributed by atoms with Gasteiger partial charge in [-0.15, -0.1) is 5.11 Å². The SMILES string of the molecule is NC(=S)n1[nH]c(-c2ccccc2)c(N=Nc2ccc(Cl)cc2)c1=O. The van der Waals surface area contributed by atoms with Crippen molar-refractivity contribution in [1.82, 2.24) is 9.78 Å². The molecule has 0 unspecified atom stereocenters. The Kier molecular flexibility index (Phi) is 4.54. The summed E-state index contributed by atoms with van der Waals surface area (Å²) in [6, 6.07) is 16.1. The highest BCUT2D eigenvalue weighted by molar-refractivity contribution is 7.80. The summed E-state index contributed by atoms with van der Waals surface area (Å²) in [4.78, 5) is 12.5. The Morgan fingerprint density at radius 3 is 2.38 bits per heavy atom. The lowest BCUT2D eigenvalue weighted by Crippen LogP contribution is -2.29. The highest BCUT2D eigenvalue weighted by Crippen LogP contribution is 2.27. The monoisotopic (exact) mass is 357 g/mol. The van der Waals surface area contributed by atoms with E-state index < -0.39 is 5.56 Å². The molecule has 24 heavy (non-hydrogen) atoms. The van der Waals surface area contributed by atoms with Crippen molar-refractivity contribution in [3.8, 4) is 11.3 Å². The molecule has 0 bridgehead atoms. The molecule has 1 aromatic heterocycles. The van der Waals surface area contributed by atoms with Crippen LogP contribution in [0.5, 0.6) is 0 Å². The Morgan fingerprint density at radius 2 is 1.75 bits per heavy atom. The molecule has 0 aliphatic carbocycles. The third-order valence-corrected chi connectivity index (χ3v) is 3.68. The molecule has 1 heterocycles. The Morgan fingerprint density at radius 1 is 1.08 bits per heavy atom. The third kappa shape index (κ3) is 3.27. The second-order valence-electron chi connectivity index (χ2n) is 4.86. The summed E-state index contributed by atoms with van der Waals surface area (Å²) >= 11 is 10.7. The Balaban J connectivity index is 2.10. The van der Waals surface area contributed by atoms with Crippen molar-refractivity contribution in [3.05, 3.63) is 70.0 Å². The van der Waals surface area contributed by atoms with Crippen molar-refractivity contribution < 1.29 is 0 Å². The summed E-state index contributed by atoms with van der Waals surface area (Å²) in [5.74, 6) is 0. The minimum Gasteiger partial charge on any atom is -0.374 e.